The molecule has 26 heavy (non-hydrogen) atoms. The first kappa shape index (κ1) is 16.3. The van der Waals surface area contributed by atoms with E-state index in [1.807, 2.05) is 37.5 Å². The van der Waals surface area contributed by atoms with Crippen LogP contribution in [-0.2, 0) is 6.54 Å². The largest absolute Gasteiger partial charge is 0.493 e. The van der Waals surface area contributed by atoms with Gasteiger partial charge in [-0.15, -0.1) is 0 Å². The number of aromatic nitrogens is 2. The van der Waals surface area contributed by atoms with Gasteiger partial charge in [0.2, 0.25) is 0 Å². The number of hydrogen-bond donors (Lipinski definition) is 1. The van der Waals surface area contributed by atoms with Crippen molar-refractivity contribution in [2.45, 2.75) is 20.4 Å². The Morgan fingerprint density at radius 2 is 1.92 bits per heavy atom. The predicted molar refractivity (Wildman–Crippen MR) is 103 cm³/mol. The van der Waals surface area contributed by atoms with E-state index in [-0.39, 0.29) is 0 Å². The third-order valence-electron chi connectivity index (χ3n) is 4.64. The van der Waals surface area contributed by atoms with Gasteiger partial charge in [0.25, 0.3) is 0 Å². The normalized spacial score (nSPS) is 11.0. The van der Waals surface area contributed by atoms with Gasteiger partial charge in [-0.3, -0.25) is 0 Å². The second-order valence-electron chi connectivity index (χ2n) is 6.28. The van der Waals surface area contributed by atoms with E-state index in [4.69, 9.17) is 9.15 Å². The summed E-state index contributed by atoms with van der Waals surface area (Å²) in [6, 6.07) is 16.2. The van der Waals surface area contributed by atoms with Crippen LogP contribution in [0.25, 0.3) is 16.7 Å². The summed E-state index contributed by atoms with van der Waals surface area (Å²) >= 11 is 0. The molecule has 0 aliphatic heterocycles. The van der Waals surface area contributed by atoms with Crippen LogP contribution >= 0.6 is 0 Å². The number of nitrogens with one attached hydrogen (secondary N) is 1. The van der Waals surface area contributed by atoms with Crippen molar-refractivity contribution in [2.75, 3.05) is 12.4 Å². The molecule has 0 saturated carbocycles. The summed E-state index contributed by atoms with van der Waals surface area (Å²) in [5, 5.41) is 4.44. The SMILES string of the molecule is COc1cccc2cc(CNc3ccc(-n4cnc(C)c4C)cc3)oc12. The van der Waals surface area contributed by atoms with Gasteiger partial charge in [-0.25, -0.2) is 4.98 Å². The first-order valence-electron chi connectivity index (χ1n) is 8.56. The first-order valence-corrected chi connectivity index (χ1v) is 8.56. The van der Waals surface area contributed by atoms with E-state index >= 15 is 0 Å². The molecule has 0 unspecified atom stereocenters. The minimum atomic E-state index is 0.612. The Hall–Kier alpha value is -3.21. The Balaban J connectivity index is 1.49. The summed E-state index contributed by atoms with van der Waals surface area (Å²) in [5.41, 5.74) is 5.13. The topological polar surface area (TPSA) is 52.2 Å². The minimum absolute atomic E-state index is 0.612. The van der Waals surface area contributed by atoms with Crippen molar-refractivity contribution in [1.29, 1.82) is 0 Å². The van der Waals surface area contributed by atoms with E-state index in [1.165, 1.54) is 0 Å². The fourth-order valence-corrected chi connectivity index (χ4v) is 3.03. The van der Waals surface area contributed by atoms with Crippen molar-refractivity contribution < 1.29 is 9.15 Å². The third kappa shape index (κ3) is 2.92. The van der Waals surface area contributed by atoms with Crippen LogP contribution in [0.4, 0.5) is 5.69 Å². The van der Waals surface area contributed by atoms with Crippen molar-refractivity contribution >= 4 is 16.7 Å². The van der Waals surface area contributed by atoms with Crippen LogP contribution in [0.3, 0.4) is 0 Å². The smallest absolute Gasteiger partial charge is 0.176 e. The average Bonchev–Trinajstić information content (AvgIpc) is 3.24. The standard InChI is InChI=1S/C21H21N3O2/c1-14-15(2)24(13-23-14)18-9-7-17(8-10-18)22-12-19-11-16-5-4-6-20(25-3)21(16)26-19/h4-11,13,22H,12H2,1-3H3. The van der Waals surface area contributed by atoms with Crippen LogP contribution in [0.1, 0.15) is 17.1 Å². The number of aryl methyl sites for hydroxylation is 1. The van der Waals surface area contributed by atoms with Crippen LogP contribution in [0, 0.1) is 13.8 Å². The van der Waals surface area contributed by atoms with Crippen molar-refractivity contribution in [3.8, 4) is 11.4 Å². The molecule has 4 aromatic rings. The monoisotopic (exact) mass is 347 g/mol. The molecule has 132 valence electrons. The average molecular weight is 347 g/mol. The molecule has 5 nitrogen and oxygen atoms in total. The van der Waals surface area contributed by atoms with Gasteiger partial charge in [0.15, 0.2) is 11.3 Å². The summed E-state index contributed by atoms with van der Waals surface area (Å²) in [7, 11) is 1.65. The molecule has 5 heteroatoms. The van der Waals surface area contributed by atoms with Gasteiger partial charge in [0, 0.05) is 22.5 Å². The number of anilines is 1. The lowest BCUT2D eigenvalue weighted by atomic mass is 10.2. The van der Waals surface area contributed by atoms with E-state index in [9.17, 15) is 0 Å². The summed E-state index contributed by atoms with van der Waals surface area (Å²) < 4.78 is 13.4. The van der Waals surface area contributed by atoms with Gasteiger partial charge in [0.05, 0.1) is 25.7 Å². The molecule has 2 heterocycles. The zero-order valence-electron chi connectivity index (χ0n) is 15.1. The summed E-state index contributed by atoms with van der Waals surface area (Å²) in [4.78, 5) is 4.35. The molecule has 0 saturated heterocycles. The van der Waals surface area contributed by atoms with Crippen molar-refractivity contribution in [3.05, 3.63) is 72.0 Å². The Labute approximate surface area is 152 Å². The molecule has 1 N–H and O–H groups in total. The van der Waals surface area contributed by atoms with E-state index in [0.29, 0.717) is 6.54 Å². The number of ether oxygens (including phenoxy) is 1. The van der Waals surface area contributed by atoms with Crippen LogP contribution in [-0.4, -0.2) is 16.7 Å². The quantitative estimate of drug-likeness (QED) is 0.560. The molecule has 4 rings (SSSR count). The maximum absolute atomic E-state index is 5.92. The number of nitrogens with zero attached hydrogens (tertiary/aromatic N) is 2. The predicted octanol–water partition coefficient (Wildman–Crippen LogP) is 4.86. The van der Waals surface area contributed by atoms with Crippen LogP contribution in [0.15, 0.2) is 59.3 Å². The van der Waals surface area contributed by atoms with Gasteiger partial charge >= 0.3 is 0 Å². The highest BCUT2D eigenvalue weighted by molar-refractivity contribution is 5.83. The molecular formula is C21H21N3O2. The number of para-hydroxylation sites is 1. The Bertz CT molecular complexity index is 1050. The van der Waals surface area contributed by atoms with E-state index in [0.717, 1.165) is 45.2 Å². The molecule has 2 aromatic carbocycles. The van der Waals surface area contributed by atoms with Crippen molar-refractivity contribution in [1.82, 2.24) is 9.55 Å². The van der Waals surface area contributed by atoms with E-state index in [2.05, 4.69) is 46.1 Å². The van der Waals surface area contributed by atoms with Crippen LogP contribution < -0.4 is 10.1 Å². The summed E-state index contributed by atoms with van der Waals surface area (Å²) in [6.07, 6.45) is 1.86. The highest BCUT2D eigenvalue weighted by Gasteiger charge is 2.09. The molecule has 0 radical (unpaired) electrons. The van der Waals surface area contributed by atoms with Gasteiger partial charge in [-0.2, -0.15) is 0 Å². The Morgan fingerprint density at radius 3 is 2.62 bits per heavy atom. The number of imidazole rings is 1. The molecule has 0 fully saturated rings. The maximum Gasteiger partial charge on any atom is 0.176 e. The highest BCUT2D eigenvalue weighted by atomic mass is 16.5. The Kier molecular flexibility index (Phi) is 4.13. The lowest BCUT2D eigenvalue weighted by Gasteiger charge is -2.08. The van der Waals surface area contributed by atoms with Crippen molar-refractivity contribution in [3.63, 3.8) is 0 Å². The van der Waals surface area contributed by atoms with Gasteiger partial charge in [-0.1, -0.05) is 12.1 Å². The molecule has 0 bridgehead atoms. The number of methoxy groups -OCH3 is 1. The minimum Gasteiger partial charge on any atom is -0.493 e. The van der Waals surface area contributed by atoms with Crippen LogP contribution in [0.5, 0.6) is 5.75 Å². The molecule has 2 aromatic heterocycles. The lowest BCUT2D eigenvalue weighted by molar-refractivity contribution is 0.408. The van der Waals surface area contributed by atoms with E-state index in [1.54, 1.807) is 7.11 Å². The number of furan rings is 1. The van der Waals surface area contributed by atoms with Crippen LogP contribution in [0.2, 0.25) is 0 Å². The maximum atomic E-state index is 5.92. The second-order valence-corrected chi connectivity index (χ2v) is 6.28. The fourth-order valence-electron chi connectivity index (χ4n) is 3.03. The van der Waals surface area contributed by atoms with Gasteiger partial charge < -0.3 is 19.0 Å². The van der Waals surface area contributed by atoms with Gasteiger partial charge in [0.1, 0.15) is 5.76 Å². The molecule has 0 spiro atoms. The summed E-state index contributed by atoms with van der Waals surface area (Å²) in [5.74, 6) is 1.62. The Morgan fingerprint density at radius 1 is 1.12 bits per heavy atom. The molecular weight excluding hydrogens is 326 g/mol. The third-order valence-corrected chi connectivity index (χ3v) is 4.64. The number of hydrogen-bond acceptors (Lipinski definition) is 4. The highest BCUT2D eigenvalue weighted by Crippen LogP contribution is 2.28. The number of rotatable bonds is 5. The molecule has 0 aliphatic carbocycles. The molecule has 0 aliphatic rings. The number of fused-ring (bicyclic) bond motifs is 1. The molecule has 0 amide bonds. The lowest BCUT2D eigenvalue weighted by Crippen LogP contribution is -1.99. The number of benzene rings is 2. The fraction of sp³-hybridized carbons (Fsp3) is 0.190. The summed E-state index contributed by atoms with van der Waals surface area (Å²) in [6.45, 7) is 4.70. The zero-order valence-corrected chi connectivity index (χ0v) is 15.1. The first-order chi connectivity index (χ1) is 12.7. The zero-order chi connectivity index (χ0) is 18.1. The molecule has 0 atom stereocenters. The van der Waals surface area contributed by atoms with E-state index < -0.39 is 0 Å². The second kappa shape index (κ2) is 6.59. The van der Waals surface area contributed by atoms with Gasteiger partial charge in [-0.05, 0) is 50.2 Å². The van der Waals surface area contributed by atoms with Crippen molar-refractivity contribution in [2.24, 2.45) is 0 Å².